The second-order valence-electron chi connectivity index (χ2n) is 5.12. The van der Waals surface area contributed by atoms with Crippen LogP contribution in [0.4, 0.5) is 0 Å². The minimum absolute atomic E-state index is 0.208. The van der Waals surface area contributed by atoms with Gasteiger partial charge in [0, 0.05) is 17.8 Å². The van der Waals surface area contributed by atoms with E-state index in [9.17, 15) is 10.1 Å². The van der Waals surface area contributed by atoms with Crippen molar-refractivity contribution in [3.63, 3.8) is 0 Å². The summed E-state index contributed by atoms with van der Waals surface area (Å²) < 4.78 is 16.1. The summed E-state index contributed by atoms with van der Waals surface area (Å²) in [5, 5.41) is 11.4. The molecule has 22 heavy (non-hydrogen) atoms. The molecular formula is C16H21NO5. The predicted octanol–water partition coefficient (Wildman–Crippen LogP) is 3.15. The monoisotopic (exact) mass is 307 g/mol. The molecule has 2 unspecified atom stereocenters. The maximum atomic E-state index is 11.4. The van der Waals surface area contributed by atoms with Gasteiger partial charge in [0.05, 0.1) is 32.5 Å². The molecule has 2 atom stereocenters. The van der Waals surface area contributed by atoms with E-state index in [2.05, 4.69) is 0 Å². The second-order valence-corrected chi connectivity index (χ2v) is 5.12. The van der Waals surface area contributed by atoms with Gasteiger partial charge >= 0.3 is 0 Å². The van der Waals surface area contributed by atoms with Crippen molar-refractivity contribution in [2.75, 3.05) is 20.8 Å². The predicted molar refractivity (Wildman–Crippen MR) is 82.0 cm³/mol. The third kappa shape index (κ3) is 3.32. The molecule has 0 amide bonds. The summed E-state index contributed by atoms with van der Waals surface area (Å²) >= 11 is 0. The molecule has 120 valence electrons. The quantitative estimate of drug-likeness (QED) is 0.596. The molecule has 6 heteroatoms. The number of hydrogen-bond acceptors (Lipinski definition) is 5. The molecule has 2 rings (SSSR count). The first kappa shape index (κ1) is 16.1. The van der Waals surface area contributed by atoms with Gasteiger partial charge in [-0.05, 0) is 30.7 Å². The highest BCUT2D eigenvalue weighted by Gasteiger charge is 2.36. The van der Waals surface area contributed by atoms with Crippen LogP contribution in [0.15, 0.2) is 30.0 Å². The summed E-state index contributed by atoms with van der Waals surface area (Å²) in [6.07, 6.45) is 2.73. The molecule has 1 aromatic carbocycles. The van der Waals surface area contributed by atoms with Gasteiger partial charge in [-0.15, -0.1) is 0 Å². The largest absolute Gasteiger partial charge is 0.499 e. The number of benzene rings is 1. The van der Waals surface area contributed by atoms with E-state index in [0.717, 1.165) is 11.3 Å². The molecular weight excluding hydrogens is 286 g/mol. The van der Waals surface area contributed by atoms with Crippen molar-refractivity contribution in [3.05, 3.63) is 45.7 Å². The van der Waals surface area contributed by atoms with Crippen molar-refractivity contribution < 1.29 is 19.1 Å². The van der Waals surface area contributed by atoms with Crippen molar-refractivity contribution in [1.82, 2.24) is 0 Å². The molecule has 0 aliphatic heterocycles. The highest BCUT2D eigenvalue weighted by Crippen LogP contribution is 2.38. The Morgan fingerprint density at radius 3 is 2.59 bits per heavy atom. The first-order valence-electron chi connectivity index (χ1n) is 7.28. The zero-order valence-electron chi connectivity index (χ0n) is 13.1. The lowest BCUT2D eigenvalue weighted by Crippen LogP contribution is -2.30. The molecule has 6 nitrogen and oxygen atoms in total. The van der Waals surface area contributed by atoms with Crippen LogP contribution in [0.3, 0.4) is 0 Å². The lowest BCUT2D eigenvalue weighted by Gasteiger charge is -2.26. The van der Waals surface area contributed by atoms with Crippen molar-refractivity contribution in [3.8, 4) is 11.5 Å². The van der Waals surface area contributed by atoms with Gasteiger partial charge in [0.2, 0.25) is 6.04 Å². The molecule has 0 aromatic heterocycles. The highest BCUT2D eigenvalue weighted by atomic mass is 16.6. The number of nitrogens with zero attached hydrogens (tertiary/aromatic N) is 1. The second kappa shape index (κ2) is 7.15. The molecule has 0 spiro atoms. The minimum atomic E-state index is -0.651. The van der Waals surface area contributed by atoms with Crippen LogP contribution in [0.1, 0.15) is 31.2 Å². The maximum absolute atomic E-state index is 11.4. The Morgan fingerprint density at radius 1 is 1.27 bits per heavy atom. The van der Waals surface area contributed by atoms with Crippen LogP contribution in [0.2, 0.25) is 0 Å². The van der Waals surface area contributed by atoms with Crippen LogP contribution in [-0.2, 0) is 4.74 Å². The molecule has 0 radical (unpaired) electrons. The third-order valence-electron chi connectivity index (χ3n) is 3.91. The Hall–Kier alpha value is -2.24. The Kier molecular flexibility index (Phi) is 5.25. The summed E-state index contributed by atoms with van der Waals surface area (Å²) in [5.41, 5.74) is 0.865. The van der Waals surface area contributed by atoms with Gasteiger partial charge in [0.15, 0.2) is 11.5 Å². The molecule has 0 saturated heterocycles. The van der Waals surface area contributed by atoms with E-state index in [0.29, 0.717) is 30.9 Å². The SMILES string of the molecule is CCOC1=CCC([N+](=O)[O-])C(c2ccc(OC)c(OC)c2)C1. The van der Waals surface area contributed by atoms with Gasteiger partial charge in [0.25, 0.3) is 0 Å². The van der Waals surface area contributed by atoms with Crippen LogP contribution in [-0.4, -0.2) is 31.8 Å². The molecule has 1 aliphatic rings. The van der Waals surface area contributed by atoms with Gasteiger partial charge in [-0.25, -0.2) is 0 Å². The molecule has 1 aromatic rings. The fourth-order valence-electron chi connectivity index (χ4n) is 2.81. The lowest BCUT2D eigenvalue weighted by atomic mass is 9.82. The maximum Gasteiger partial charge on any atom is 0.223 e. The number of ether oxygens (including phenoxy) is 3. The molecule has 1 aliphatic carbocycles. The Morgan fingerprint density at radius 2 is 2.00 bits per heavy atom. The molecule has 0 heterocycles. The Bertz CT molecular complexity index is 570. The van der Waals surface area contributed by atoms with Crippen molar-refractivity contribution in [1.29, 1.82) is 0 Å². The van der Waals surface area contributed by atoms with Crippen LogP contribution < -0.4 is 9.47 Å². The third-order valence-corrected chi connectivity index (χ3v) is 3.91. The van der Waals surface area contributed by atoms with Crippen LogP contribution in [0, 0.1) is 10.1 Å². The van der Waals surface area contributed by atoms with E-state index in [1.165, 1.54) is 0 Å². The zero-order valence-corrected chi connectivity index (χ0v) is 13.1. The highest BCUT2D eigenvalue weighted by molar-refractivity contribution is 5.44. The zero-order chi connectivity index (χ0) is 16.1. The fourth-order valence-corrected chi connectivity index (χ4v) is 2.81. The summed E-state index contributed by atoms with van der Waals surface area (Å²) in [4.78, 5) is 11.2. The number of rotatable bonds is 6. The van der Waals surface area contributed by atoms with E-state index in [4.69, 9.17) is 14.2 Å². The van der Waals surface area contributed by atoms with Gasteiger partial charge in [-0.2, -0.15) is 0 Å². The smallest absolute Gasteiger partial charge is 0.223 e. The topological polar surface area (TPSA) is 70.8 Å². The lowest BCUT2D eigenvalue weighted by molar-refractivity contribution is -0.526. The number of hydrogen-bond donors (Lipinski definition) is 0. The first-order chi connectivity index (χ1) is 10.6. The van der Waals surface area contributed by atoms with E-state index < -0.39 is 6.04 Å². The van der Waals surface area contributed by atoms with Crippen molar-refractivity contribution >= 4 is 0 Å². The van der Waals surface area contributed by atoms with Gasteiger partial charge in [-0.1, -0.05) is 6.07 Å². The summed E-state index contributed by atoms with van der Waals surface area (Å²) in [6.45, 7) is 2.47. The van der Waals surface area contributed by atoms with Gasteiger partial charge in [-0.3, -0.25) is 10.1 Å². The van der Waals surface area contributed by atoms with Crippen LogP contribution >= 0.6 is 0 Å². The van der Waals surface area contributed by atoms with Crippen LogP contribution in [0.25, 0.3) is 0 Å². The first-order valence-corrected chi connectivity index (χ1v) is 7.28. The van der Waals surface area contributed by atoms with E-state index in [1.807, 2.05) is 25.1 Å². The fraction of sp³-hybridized carbons (Fsp3) is 0.500. The summed E-state index contributed by atoms with van der Waals surface area (Å²) in [6, 6.07) is 4.80. The normalized spacial score (nSPS) is 21.0. The van der Waals surface area contributed by atoms with E-state index >= 15 is 0 Å². The van der Waals surface area contributed by atoms with E-state index in [1.54, 1.807) is 20.3 Å². The molecule has 0 N–H and O–H groups in total. The average Bonchev–Trinajstić information content (AvgIpc) is 2.54. The van der Waals surface area contributed by atoms with Crippen molar-refractivity contribution in [2.24, 2.45) is 0 Å². The number of allylic oxidation sites excluding steroid dienone is 1. The minimum Gasteiger partial charge on any atom is -0.499 e. The van der Waals surface area contributed by atoms with Crippen LogP contribution in [0.5, 0.6) is 11.5 Å². The molecule has 0 bridgehead atoms. The Labute approximate surface area is 129 Å². The molecule has 0 saturated carbocycles. The summed E-state index contributed by atoms with van der Waals surface area (Å²) in [7, 11) is 3.12. The van der Waals surface area contributed by atoms with Gasteiger partial charge in [0.1, 0.15) is 0 Å². The standard InChI is InChI=1S/C16H21NO5/c1-4-22-12-6-7-14(17(18)19)13(10-12)11-5-8-15(20-2)16(9-11)21-3/h5-6,8-9,13-14H,4,7,10H2,1-3H3. The number of methoxy groups -OCH3 is 2. The summed E-state index contributed by atoms with van der Waals surface area (Å²) in [5.74, 6) is 1.77. The average molecular weight is 307 g/mol. The van der Waals surface area contributed by atoms with Crippen molar-refractivity contribution in [2.45, 2.75) is 31.7 Å². The van der Waals surface area contributed by atoms with Gasteiger partial charge < -0.3 is 14.2 Å². The number of nitro groups is 1. The molecule has 0 fully saturated rings. The van der Waals surface area contributed by atoms with E-state index in [-0.39, 0.29) is 10.8 Å². The Balaban J connectivity index is 2.34.